The molecule has 4 aromatic rings. The van der Waals surface area contributed by atoms with Crippen LogP contribution in [0.4, 0.5) is 0 Å². The highest BCUT2D eigenvalue weighted by Crippen LogP contribution is 2.24. The third-order valence-electron chi connectivity index (χ3n) is 6.27. The SMILES string of the molecule is CC(=O)COCc1ccc(Oc2cccc(CC(C)C(=O)COCCOc3ccc(-c4ccccc4)nc3)c2)cc1. The van der Waals surface area contributed by atoms with Gasteiger partial charge in [0.2, 0.25) is 0 Å². The molecule has 0 aliphatic rings. The maximum absolute atomic E-state index is 12.6. The first-order chi connectivity index (χ1) is 20.0. The molecule has 212 valence electrons. The molecule has 0 spiro atoms. The van der Waals surface area contributed by atoms with E-state index in [4.69, 9.17) is 18.9 Å². The Bertz CT molecular complexity index is 1390. The fourth-order valence-electron chi connectivity index (χ4n) is 4.08. The summed E-state index contributed by atoms with van der Waals surface area (Å²) in [6, 6.07) is 29.0. The number of nitrogens with zero attached hydrogens (tertiary/aromatic N) is 1. The first-order valence-electron chi connectivity index (χ1n) is 13.6. The van der Waals surface area contributed by atoms with Crippen molar-refractivity contribution in [1.82, 2.24) is 4.98 Å². The molecule has 0 bridgehead atoms. The Morgan fingerprint density at radius 3 is 2.27 bits per heavy atom. The van der Waals surface area contributed by atoms with Gasteiger partial charge in [-0.05, 0) is 60.9 Å². The maximum atomic E-state index is 12.6. The molecule has 4 rings (SSSR count). The molecule has 7 heteroatoms. The quantitative estimate of drug-likeness (QED) is 0.147. The largest absolute Gasteiger partial charge is 0.490 e. The van der Waals surface area contributed by atoms with Crippen molar-refractivity contribution in [2.24, 2.45) is 5.92 Å². The Balaban J connectivity index is 1.16. The number of rotatable bonds is 16. The smallest absolute Gasteiger partial charge is 0.161 e. The molecule has 0 saturated heterocycles. The Morgan fingerprint density at radius 1 is 0.756 bits per heavy atom. The number of hydrogen-bond acceptors (Lipinski definition) is 7. The molecule has 1 aromatic heterocycles. The van der Waals surface area contributed by atoms with Crippen LogP contribution in [0.15, 0.2) is 97.2 Å². The van der Waals surface area contributed by atoms with Gasteiger partial charge >= 0.3 is 0 Å². The van der Waals surface area contributed by atoms with Crippen molar-refractivity contribution in [3.63, 3.8) is 0 Å². The zero-order chi connectivity index (χ0) is 28.9. The van der Waals surface area contributed by atoms with Gasteiger partial charge in [0, 0.05) is 11.5 Å². The lowest BCUT2D eigenvalue weighted by atomic mass is 9.97. The summed E-state index contributed by atoms with van der Waals surface area (Å²) in [6.45, 7) is 4.56. The molecule has 1 unspecified atom stereocenters. The van der Waals surface area contributed by atoms with Crippen LogP contribution in [-0.2, 0) is 32.1 Å². The van der Waals surface area contributed by atoms with E-state index in [2.05, 4.69) is 4.98 Å². The van der Waals surface area contributed by atoms with E-state index < -0.39 is 0 Å². The predicted molar refractivity (Wildman–Crippen MR) is 157 cm³/mol. The van der Waals surface area contributed by atoms with E-state index in [9.17, 15) is 9.59 Å². The number of Topliss-reactive ketones (excluding diaryl/α,β-unsaturated/α-hetero) is 2. The van der Waals surface area contributed by atoms with Gasteiger partial charge in [0.1, 0.15) is 37.1 Å². The number of hydrogen-bond donors (Lipinski definition) is 0. The minimum absolute atomic E-state index is 0.00196. The number of benzene rings is 3. The van der Waals surface area contributed by atoms with E-state index in [-0.39, 0.29) is 30.7 Å². The van der Waals surface area contributed by atoms with Crippen molar-refractivity contribution >= 4 is 11.6 Å². The van der Waals surface area contributed by atoms with Crippen LogP contribution in [-0.4, -0.2) is 43.0 Å². The van der Waals surface area contributed by atoms with Crippen molar-refractivity contribution < 1.29 is 28.5 Å². The average Bonchev–Trinajstić information content (AvgIpc) is 2.98. The van der Waals surface area contributed by atoms with Gasteiger partial charge in [-0.2, -0.15) is 0 Å². The normalized spacial score (nSPS) is 11.6. The molecule has 0 amide bonds. The van der Waals surface area contributed by atoms with Gasteiger partial charge in [-0.3, -0.25) is 14.6 Å². The van der Waals surface area contributed by atoms with Gasteiger partial charge in [-0.25, -0.2) is 0 Å². The van der Waals surface area contributed by atoms with Crippen LogP contribution in [0.25, 0.3) is 11.3 Å². The number of carbonyl (C=O) groups excluding carboxylic acids is 2. The van der Waals surface area contributed by atoms with Crippen LogP contribution in [0.3, 0.4) is 0 Å². The van der Waals surface area contributed by atoms with E-state index in [1.54, 1.807) is 6.20 Å². The van der Waals surface area contributed by atoms with Gasteiger partial charge in [0.05, 0.1) is 25.1 Å². The predicted octanol–water partition coefficient (Wildman–Crippen LogP) is 6.49. The van der Waals surface area contributed by atoms with Gasteiger partial charge in [-0.15, -0.1) is 0 Å². The minimum Gasteiger partial charge on any atom is -0.490 e. The topological polar surface area (TPSA) is 84.0 Å². The van der Waals surface area contributed by atoms with Crippen LogP contribution in [0.2, 0.25) is 0 Å². The molecule has 7 nitrogen and oxygen atoms in total. The summed E-state index contributed by atoms with van der Waals surface area (Å²) in [4.78, 5) is 28.1. The summed E-state index contributed by atoms with van der Waals surface area (Å²) in [6.07, 6.45) is 2.28. The molecule has 0 N–H and O–H groups in total. The first kappa shape index (κ1) is 29.6. The van der Waals surface area contributed by atoms with E-state index in [1.165, 1.54) is 6.92 Å². The fraction of sp³-hybridized carbons (Fsp3) is 0.265. The molecule has 41 heavy (non-hydrogen) atoms. The Labute approximate surface area is 241 Å². The third-order valence-corrected chi connectivity index (χ3v) is 6.27. The number of aromatic nitrogens is 1. The number of carbonyl (C=O) groups is 2. The summed E-state index contributed by atoms with van der Waals surface area (Å²) in [7, 11) is 0. The average molecular weight is 554 g/mol. The minimum atomic E-state index is -0.199. The number of ether oxygens (including phenoxy) is 4. The lowest BCUT2D eigenvalue weighted by Crippen LogP contribution is -2.21. The Morgan fingerprint density at radius 2 is 1.54 bits per heavy atom. The van der Waals surface area contributed by atoms with E-state index >= 15 is 0 Å². The lowest BCUT2D eigenvalue weighted by Gasteiger charge is -2.13. The Kier molecular flexibility index (Phi) is 11.2. The van der Waals surface area contributed by atoms with Crippen molar-refractivity contribution in [3.05, 3.63) is 108 Å². The van der Waals surface area contributed by atoms with Crippen molar-refractivity contribution in [2.75, 3.05) is 26.4 Å². The van der Waals surface area contributed by atoms with Gasteiger partial charge < -0.3 is 18.9 Å². The van der Waals surface area contributed by atoms with Crippen LogP contribution >= 0.6 is 0 Å². The van der Waals surface area contributed by atoms with Crippen molar-refractivity contribution in [1.29, 1.82) is 0 Å². The molecular formula is C34H35NO6. The van der Waals surface area contributed by atoms with E-state index in [0.717, 1.165) is 22.4 Å². The van der Waals surface area contributed by atoms with Gasteiger partial charge in [-0.1, -0.05) is 61.5 Å². The summed E-state index contributed by atoms with van der Waals surface area (Å²) in [5.74, 6) is 1.88. The highest BCUT2D eigenvalue weighted by Gasteiger charge is 2.14. The number of ketones is 2. The van der Waals surface area contributed by atoms with Crippen molar-refractivity contribution in [2.45, 2.75) is 26.9 Å². The molecule has 1 heterocycles. The summed E-state index contributed by atoms with van der Waals surface area (Å²) in [5, 5.41) is 0. The molecule has 0 radical (unpaired) electrons. The molecule has 0 aliphatic heterocycles. The second-order valence-electron chi connectivity index (χ2n) is 9.81. The van der Waals surface area contributed by atoms with Crippen LogP contribution in [0.5, 0.6) is 17.2 Å². The third kappa shape index (κ3) is 9.98. The molecule has 0 aliphatic carbocycles. The molecule has 0 saturated carbocycles. The molecule has 0 fully saturated rings. The summed E-state index contributed by atoms with van der Waals surface area (Å²) in [5.41, 5.74) is 3.90. The lowest BCUT2D eigenvalue weighted by molar-refractivity contribution is -0.127. The van der Waals surface area contributed by atoms with Crippen LogP contribution in [0, 0.1) is 5.92 Å². The standard InChI is InChI=1S/C34H35NO6/c1-25(34(37)24-38-17-18-40-32-15-16-33(35-21-32)29-8-4-3-5-9-29)19-28-7-6-10-31(20-28)41-30-13-11-27(12-14-30)23-39-22-26(2)36/h3-16,20-21,25H,17-19,22-24H2,1-2H3. The highest BCUT2D eigenvalue weighted by atomic mass is 16.5. The second-order valence-corrected chi connectivity index (χ2v) is 9.81. The van der Waals surface area contributed by atoms with E-state index in [1.807, 2.05) is 97.9 Å². The first-order valence-corrected chi connectivity index (χ1v) is 13.6. The summed E-state index contributed by atoms with van der Waals surface area (Å²) >= 11 is 0. The maximum Gasteiger partial charge on any atom is 0.161 e. The summed E-state index contributed by atoms with van der Waals surface area (Å²) < 4.78 is 22.6. The van der Waals surface area contributed by atoms with Crippen LogP contribution < -0.4 is 9.47 Å². The molecular weight excluding hydrogens is 518 g/mol. The highest BCUT2D eigenvalue weighted by molar-refractivity contribution is 5.82. The fourth-order valence-corrected chi connectivity index (χ4v) is 4.08. The second kappa shape index (κ2) is 15.5. The monoisotopic (exact) mass is 553 g/mol. The van der Waals surface area contributed by atoms with E-state index in [0.29, 0.717) is 43.5 Å². The number of pyridine rings is 1. The molecule has 1 atom stereocenters. The van der Waals surface area contributed by atoms with Crippen LogP contribution in [0.1, 0.15) is 25.0 Å². The Hall–Kier alpha value is -4.33. The van der Waals surface area contributed by atoms with Gasteiger partial charge in [0.25, 0.3) is 0 Å². The molecule has 3 aromatic carbocycles. The zero-order valence-electron chi connectivity index (χ0n) is 23.5. The zero-order valence-corrected chi connectivity index (χ0v) is 23.5. The van der Waals surface area contributed by atoms with Crippen molar-refractivity contribution in [3.8, 4) is 28.5 Å². The van der Waals surface area contributed by atoms with Gasteiger partial charge in [0.15, 0.2) is 11.6 Å².